The van der Waals surface area contributed by atoms with Gasteiger partial charge in [-0.15, -0.1) is 18.5 Å². The predicted octanol–water partition coefficient (Wildman–Crippen LogP) is 1.95. The zero-order valence-corrected chi connectivity index (χ0v) is 8.84. The van der Waals surface area contributed by atoms with E-state index in [0.29, 0.717) is 0 Å². The van der Waals surface area contributed by atoms with Gasteiger partial charge in [0.1, 0.15) is 0 Å². The molecule has 1 aliphatic rings. The van der Waals surface area contributed by atoms with Gasteiger partial charge >= 0.3 is 0 Å². The van der Waals surface area contributed by atoms with Crippen LogP contribution in [0.25, 0.3) is 0 Å². The average Bonchev–Trinajstić information content (AvgIpc) is 2.18. The summed E-state index contributed by atoms with van der Waals surface area (Å²) in [4.78, 5) is 0. The largest absolute Gasteiger partial charge is 0.311 e. The molecule has 66 valence electrons. The van der Waals surface area contributed by atoms with Crippen molar-refractivity contribution in [3.8, 4) is 12.0 Å². The Labute approximate surface area is 76.5 Å². The maximum atomic E-state index is 5.55. The molecule has 2 heteroatoms. The second-order valence-corrected chi connectivity index (χ2v) is 7.17. The summed E-state index contributed by atoms with van der Waals surface area (Å²) in [6.45, 7) is 8.42. The predicted molar refractivity (Wildman–Crippen MR) is 56.1 cm³/mol. The highest BCUT2D eigenvalue weighted by Gasteiger charge is 2.30. The molecule has 1 rings (SSSR count). The molecule has 0 aliphatic carbocycles. The Morgan fingerprint density at radius 1 is 1.42 bits per heavy atom. The van der Waals surface area contributed by atoms with Crippen LogP contribution in [0.1, 0.15) is 19.3 Å². The maximum absolute atomic E-state index is 5.55. The van der Waals surface area contributed by atoms with Crippen LogP contribution in [-0.2, 0) is 0 Å². The van der Waals surface area contributed by atoms with Crippen molar-refractivity contribution in [3.63, 3.8) is 0 Å². The number of rotatable bonds is 2. The Bertz CT molecular complexity index is 200. The van der Waals surface area contributed by atoms with Gasteiger partial charge in [0.2, 0.25) is 8.24 Å². The number of piperidine rings is 1. The van der Waals surface area contributed by atoms with Crippen molar-refractivity contribution in [2.45, 2.75) is 25.8 Å². The summed E-state index contributed by atoms with van der Waals surface area (Å²) in [7, 11) is -1.67. The fourth-order valence-electron chi connectivity index (χ4n) is 1.64. The number of hydrogen-bond acceptors (Lipinski definition) is 1. The van der Waals surface area contributed by atoms with Crippen LogP contribution in [-0.4, -0.2) is 25.9 Å². The van der Waals surface area contributed by atoms with Gasteiger partial charge in [-0.3, -0.25) is 0 Å². The summed E-state index contributed by atoms with van der Waals surface area (Å²) in [5.41, 5.74) is 4.96. The Hall–Kier alpha value is -0.523. The van der Waals surface area contributed by atoms with Crippen molar-refractivity contribution in [1.82, 2.24) is 4.57 Å². The smallest absolute Gasteiger partial charge is 0.231 e. The molecule has 1 fully saturated rings. The molecule has 0 bridgehead atoms. The van der Waals surface area contributed by atoms with Crippen LogP contribution >= 0.6 is 0 Å². The van der Waals surface area contributed by atoms with Crippen LogP contribution in [0, 0.1) is 12.0 Å². The second-order valence-electron chi connectivity index (χ2n) is 3.54. The zero-order chi connectivity index (χ0) is 9.03. The molecule has 1 heterocycles. The van der Waals surface area contributed by atoms with E-state index in [1.54, 1.807) is 0 Å². The Morgan fingerprint density at radius 2 is 2.00 bits per heavy atom. The molecular weight excluding hydrogens is 162 g/mol. The lowest BCUT2D eigenvalue weighted by atomic mass is 10.2. The SMILES string of the molecule is C#C[Si](C)(C=C)N1CCCCC1. The number of terminal acetylenes is 1. The lowest BCUT2D eigenvalue weighted by Gasteiger charge is -2.35. The van der Waals surface area contributed by atoms with E-state index in [4.69, 9.17) is 6.42 Å². The second kappa shape index (κ2) is 3.93. The first-order valence-corrected chi connectivity index (χ1v) is 7.12. The molecule has 0 amide bonds. The van der Waals surface area contributed by atoms with E-state index < -0.39 is 8.24 Å². The van der Waals surface area contributed by atoms with Gasteiger partial charge < -0.3 is 4.57 Å². The molecule has 0 N–H and O–H groups in total. The lowest BCUT2D eigenvalue weighted by Crippen LogP contribution is -2.51. The van der Waals surface area contributed by atoms with Crippen LogP contribution in [0.2, 0.25) is 6.55 Å². The molecule has 0 radical (unpaired) electrons. The third kappa shape index (κ3) is 1.80. The van der Waals surface area contributed by atoms with E-state index in [1.165, 1.54) is 32.4 Å². The van der Waals surface area contributed by atoms with Crippen LogP contribution in [0.5, 0.6) is 0 Å². The van der Waals surface area contributed by atoms with E-state index in [0.717, 1.165) is 0 Å². The Balaban J connectivity index is 2.65. The Morgan fingerprint density at radius 3 is 2.42 bits per heavy atom. The third-order valence-electron chi connectivity index (χ3n) is 2.70. The van der Waals surface area contributed by atoms with E-state index in [9.17, 15) is 0 Å². The van der Waals surface area contributed by atoms with Crippen molar-refractivity contribution in [1.29, 1.82) is 0 Å². The van der Waals surface area contributed by atoms with Gasteiger partial charge in [0, 0.05) is 0 Å². The molecule has 0 saturated carbocycles. The number of nitrogens with zero attached hydrogens (tertiary/aromatic N) is 1. The van der Waals surface area contributed by atoms with Crippen molar-refractivity contribution in [3.05, 3.63) is 12.3 Å². The highest BCUT2D eigenvalue weighted by molar-refractivity contribution is 6.88. The Kier molecular flexibility index (Phi) is 3.13. The highest BCUT2D eigenvalue weighted by atomic mass is 28.3. The van der Waals surface area contributed by atoms with Crippen molar-refractivity contribution in [2.75, 3.05) is 13.1 Å². The normalized spacial score (nSPS) is 24.0. The molecule has 1 nitrogen and oxygen atoms in total. The van der Waals surface area contributed by atoms with Gasteiger partial charge in [0.15, 0.2) is 0 Å². The molecule has 12 heavy (non-hydrogen) atoms. The molecule has 1 atom stereocenters. The topological polar surface area (TPSA) is 3.24 Å². The average molecular weight is 179 g/mol. The van der Waals surface area contributed by atoms with Crippen LogP contribution in [0.3, 0.4) is 0 Å². The minimum atomic E-state index is -1.67. The van der Waals surface area contributed by atoms with Gasteiger partial charge in [-0.25, -0.2) is 0 Å². The summed E-state index contributed by atoms with van der Waals surface area (Å²) in [5.74, 6) is 0. The van der Waals surface area contributed by atoms with Gasteiger partial charge in [-0.1, -0.05) is 12.1 Å². The third-order valence-corrected chi connectivity index (χ3v) is 5.84. The zero-order valence-electron chi connectivity index (χ0n) is 7.84. The highest BCUT2D eigenvalue weighted by Crippen LogP contribution is 2.17. The minimum absolute atomic E-state index is 1.18. The molecule has 0 aromatic carbocycles. The summed E-state index contributed by atoms with van der Waals surface area (Å²) in [5, 5.41) is 0. The van der Waals surface area contributed by atoms with Crippen LogP contribution < -0.4 is 0 Å². The molecule has 1 aliphatic heterocycles. The van der Waals surface area contributed by atoms with Crippen molar-refractivity contribution in [2.24, 2.45) is 0 Å². The summed E-state index contributed by atoms with van der Waals surface area (Å²) >= 11 is 0. The monoisotopic (exact) mass is 179 g/mol. The van der Waals surface area contributed by atoms with Gasteiger partial charge in [-0.05, 0) is 32.5 Å². The minimum Gasteiger partial charge on any atom is -0.311 e. The first-order chi connectivity index (χ1) is 5.73. The van der Waals surface area contributed by atoms with E-state index in [-0.39, 0.29) is 0 Å². The van der Waals surface area contributed by atoms with Crippen molar-refractivity contribution >= 4 is 8.24 Å². The summed E-state index contributed by atoms with van der Waals surface area (Å²) in [6, 6.07) is 0. The quantitative estimate of drug-likeness (QED) is 0.462. The molecule has 1 saturated heterocycles. The van der Waals surface area contributed by atoms with E-state index >= 15 is 0 Å². The van der Waals surface area contributed by atoms with Gasteiger partial charge in [0.05, 0.1) is 0 Å². The maximum Gasteiger partial charge on any atom is 0.231 e. The van der Waals surface area contributed by atoms with E-state index in [1.807, 2.05) is 5.70 Å². The van der Waals surface area contributed by atoms with Crippen LogP contribution in [0.4, 0.5) is 0 Å². The lowest BCUT2D eigenvalue weighted by molar-refractivity contribution is 0.350. The van der Waals surface area contributed by atoms with Crippen molar-refractivity contribution < 1.29 is 0 Å². The van der Waals surface area contributed by atoms with Crippen LogP contribution in [0.15, 0.2) is 12.3 Å². The first-order valence-electron chi connectivity index (χ1n) is 4.59. The fraction of sp³-hybridized carbons (Fsp3) is 0.600. The fourth-order valence-corrected chi connectivity index (χ4v) is 3.44. The standard InChI is InChI=1S/C10H17NSi/c1-4-12(3,5-2)11-9-7-6-8-10-11/h1,5H,2,6-10H2,3H3. The van der Waals surface area contributed by atoms with E-state index in [2.05, 4.69) is 23.2 Å². The van der Waals surface area contributed by atoms with Gasteiger partial charge in [0.25, 0.3) is 0 Å². The summed E-state index contributed by atoms with van der Waals surface area (Å²) < 4.78 is 2.48. The molecule has 0 aromatic rings. The molecule has 0 spiro atoms. The molecular formula is C10H17NSi. The van der Waals surface area contributed by atoms with Gasteiger partial charge in [-0.2, -0.15) is 0 Å². The first kappa shape index (κ1) is 9.56. The summed E-state index contributed by atoms with van der Waals surface area (Å²) in [6.07, 6.45) is 9.52. The number of hydrogen-bond donors (Lipinski definition) is 0. The molecule has 1 unspecified atom stereocenters. The molecule has 0 aromatic heterocycles.